The van der Waals surface area contributed by atoms with Gasteiger partial charge in [0.05, 0.1) is 11.5 Å². The third kappa shape index (κ3) is 4.91. The molecule has 0 aromatic heterocycles. The zero-order valence-electron chi connectivity index (χ0n) is 16.1. The molecule has 6 nitrogen and oxygen atoms in total. The molecule has 0 radical (unpaired) electrons. The predicted octanol–water partition coefficient (Wildman–Crippen LogP) is 3.90. The number of hydrogen-bond donors (Lipinski definition) is 1. The summed E-state index contributed by atoms with van der Waals surface area (Å²) in [7, 11) is -3.51. The lowest BCUT2D eigenvalue weighted by Gasteiger charge is -2.20. The lowest BCUT2D eigenvalue weighted by molar-refractivity contribution is 0.102. The number of carbonyl (C=O) groups excluding carboxylic acids is 1. The Balaban J connectivity index is 1.68. The normalized spacial score (nSPS) is 15.6. The van der Waals surface area contributed by atoms with E-state index in [9.17, 15) is 13.2 Å². The van der Waals surface area contributed by atoms with Crippen molar-refractivity contribution >= 4 is 21.6 Å². The summed E-state index contributed by atoms with van der Waals surface area (Å²) in [5, 5.41) is 2.80. The minimum Gasteiger partial charge on any atom is -0.494 e. The van der Waals surface area contributed by atoms with E-state index in [1.807, 2.05) is 6.92 Å². The highest BCUT2D eigenvalue weighted by molar-refractivity contribution is 7.89. The Kier molecular flexibility index (Phi) is 6.70. The Bertz CT molecular complexity index is 885. The van der Waals surface area contributed by atoms with E-state index in [1.54, 1.807) is 40.7 Å². The molecular formula is C21H26N2O4S. The number of rotatable bonds is 6. The third-order valence-corrected chi connectivity index (χ3v) is 6.66. The van der Waals surface area contributed by atoms with E-state index in [2.05, 4.69) is 5.32 Å². The van der Waals surface area contributed by atoms with Gasteiger partial charge in [-0.05, 0) is 68.3 Å². The van der Waals surface area contributed by atoms with Gasteiger partial charge in [-0.25, -0.2) is 8.42 Å². The molecule has 0 bridgehead atoms. The smallest absolute Gasteiger partial charge is 0.255 e. The Hall–Kier alpha value is -2.38. The zero-order valence-corrected chi connectivity index (χ0v) is 16.9. The van der Waals surface area contributed by atoms with Gasteiger partial charge < -0.3 is 10.1 Å². The Morgan fingerprint density at radius 1 is 0.964 bits per heavy atom. The SMILES string of the molecule is CCOc1ccc(NC(=O)c2ccc(S(=O)(=O)N3CCCCCC3)cc2)cc1. The Morgan fingerprint density at radius 2 is 1.57 bits per heavy atom. The maximum absolute atomic E-state index is 12.8. The highest BCUT2D eigenvalue weighted by atomic mass is 32.2. The van der Waals surface area contributed by atoms with E-state index in [0.29, 0.717) is 30.9 Å². The van der Waals surface area contributed by atoms with Crippen LogP contribution in [0.1, 0.15) is 43.0 Å². The largest absolute Gasteiger partial charge is 0.494 e. The van der Waals surface area contributed by atoms with Gasteiger partial charge in [0.15, 0.2) is 0 Å². The average molecular weight is 403 g/mol. The van der Waals surface area contributed by atoms with Gasteiger partial charge in [0.2, 0.25) is 10.0 Å². The molecule has 0 spiro atoms. The maximum atomic E-state index is 12.8. The summed E-state index contributed by atoms with van der Waals surface area (Å²) >= 11 is 0. The maximum Gasteiger partial charge on any atom is 0.255 e. The second kappa shape index (κ2) is 9.21. The molecular weight excluding hydrogens is 376 g/mol. The van der Waals surface area contributed by atoms with E-state index in [0.717, 1.165) is 31.4 Å². The van der Waals surface area contributed by atoms with Crippen LogP contribution in [0.2, 0.25) is 0 Å². The van der Waals surface area contributed by atoms with Crippen molar-refractivity contribution in [2.45, 2.75) is 37.5 Å². The molecule has 0 saturated carbocycles. The summed E-state index contributed by atoms with van der Waals surface area (Å²) in [6.45, 7) is 3.61. The Labute approximate surface area is 166 Å². The van der Waals surface area contributed by atoms with Gasteiger partial charge in [0.1, 0.15) is 5.75 Å². The molecule has 1 saturated heterocycles. The van der Waals surface area contributed by atoms with Gasteiger partial charge in [-0.15, -0.1) is 0 Å². The highest BCUT2D eigenvalue weighted by Crippen LogP contribution is 2.21. The number of sulfonamides is 1. The van der Waals surface area contributed by atoms with Gasteiger partial charge in [0, 0.05) is 24.3 Å². The molecule has 0 unspecified atom stereocenters. The second-order valence-corrected chi connectivity index (χ2v) is 8.69. The topological polar surface area (TPSA) is 75.7 Å². The lowest BCUT2D eigenvalue weighted by atomic mass is 10.2. The molecule has 1 aliphatic heterocycles. The van der Waals surface area contributed by atoms with Crippen LogP contribution < -0.4 is 10.1 Å². The zero-order chi connectivity index (χ0) is 20.0. The van der Waals surface area contributed by atoms with Crippen molar-refractivity contribution in [1.82, 2.24) is 4.31 Å². The van der Waals surface area contributed by atoms with Gasteiger partial charge in [-0.2, -0.15) is 4.31 Å². The van der Waals surface area contributed by atoms with Gasteiger partial charge >= 0.3 is 0 Å². The molecule has 150 valence electrons. The van der Waals surface area contributed by atoms with Crippen LogP contribution in [-0.4, -0.2) is 38.3 Å². The van der Waals surface area contributed by atoms with Crippen molar-refractivity contribution in [2.75, 3.05) is 25.0 Å². The molecule has 3 rings (SSSR count). The molecule has 0 atom stereocenters. The molecule has 2 aromatic carbocycles. The molecule has 7 heteroatoms. The first-order valence-corrected chi connectivity index (χ1v) is 11.1. The number of benzene rings is 2. The minimum atomic E-state index is -3.51. The van der Waals surface area contributed by atoms with Crippen LogP contribution in [-0.2, 0) is 10.0 Å². The number of carbonyl (C=O) groups is 1. The van der Waals surface area contributed by atoms with Crippen LogP contribution >= 0.6 is 0 Å². The van der Waals surface area contributed by atoms with Crippen LogP contribution in [0, 0.1) is 0 Å². The molecule has 1 aliphatic rings. The first-order chi connectivity index (χ1) is 13.5. The van der Waals surface area contributed by atoms with Gasteiger partial charge in [-0.3, -0.25) is 4.79 Å². The van der Waals surface area contributed by atoms with Crippen molar-refractivity contribution in [1.29, 1.82) is 0 Å². The summed E-state index contributed by atoms with van der Waals surface area (Å²) in [6.07, 6.45) is 3.91. The van der Waals surface area contributed by atoms with Crippen molar-refractivity contribution in [2.24, 2.45) is 0 Å². The van der Waals surface area contributed by atoms with E-state index < -0.39 is 10.0 Å². The number of amides is 1. The van der Waals surface area contributed by atoms with Crippen LogP contribution in [0.25, 0.3) is 0 Å². The first-order valence-electron chi connectivity index (χ1n) is 9.65. The molecule has 1 N–H and O–H groups in total. The van der Waals surface area contributed by atoms with Gasteiger partial charge in [-0.1, -0.05) is 12.8 Å². The number of ether oxygens (including phenoxy) is 1. The highest BCUT2D eigenvalue weighted by Gasteiger charge is 2.25. The van der Waals surface area contributed by atoms with Crippen molar-refractivity contribution in [3.05, 3.63) is 54.1 Å². The van der Waals surface area contributed by atoms with Crippen molar-refractivity contribution in [3.63, 3.8) is 0 Å². The number of anilines is 1. The van der Waals surface area contributed by atoms with Crippen LogP contribution in [0.4, 0.5) is 5.69 Å². The minimum absolute atomic E-state index is 0.229. The van der Waals surface area contributed by atoms with E-state index in [1.165, 1.54) is 12.1 Å². The number of nitrogens with one attached hydrogen (secondary N) is 1. The second-order valence-electron chi connectivity index (χ2n) is 6.75. The summed E-state index contributed by atoms with van der Waals surface area (Å²) in [5.41, 5.74) is 1.05. The fraction of sp³-hybridized carbons (Fsp3) is 0.381. The molecule has 28 heavy (non-hydrogen) atoms. The van der Waals surface area contributed by atoms with Crippen LogP contribution in [0.5, 0.6) is 5.75 Å². The van der Waals surface area contributed by atoms with Gasteiger partial charge in [0.25, 0.3) is 5.91 Å². The summed E-state index contributed by atoms with van der Waals surface area (Å²) in [6, 6.07) is 13.2. The first kappa shape index (κ1) is 20.4. The standard InChI is InChI=1S/C21H26N2O4S/c1-2-27-19-11-9-18(10-12-19)22-21(24)17-7-13-20(14-8-17)28(25,26)23-15-5-3-4-6-16-23/h7-14H,2-6,15-16H2,1H3,(H,22,24). The number of nitrogens with zero attached hydrogens (tertiary/aromatic N) is 1. The van der Waals surface area contributed by atoms with E-state index in [-0.39, 0.29) is 10.8 Å². The van der Waals surface area contributed by atoms with Crippen molar-refractivity contribution < 1.29 is 17.9 Å². The molecule has 1 amide bonds. The molecule has 1 heterocycles. The summed E-state index contributed by atoms with van der Waals surface area (Å²) in [4.78, 5) is 12.7. The summed E-state index contributed by atoms with van der Waals surface area (Å²) in [5.74, 6) is 0.450. The van der Waals surface area contributed by atoms with E-state index >= 15 is 0 Å². The molecule has 1 fully saturated rings. The molecule has 0 aliphatic carbocycles. The van der Waals surface area contributed by atoms with Crippen molar-refractivity contribution in [3.8, 4) is 5.75 Å². The fourth-order valence-electron chi connectivity index (χ4n) is 3.21. The fourth-order valence-corrected chi connectivity index (χ4v) is 4.73. The summed E-state index contributed by atoms with van der Waals surface area (Å²) < 4.78 is 32.6. The average Bonchev–Trinajstić information content (AvgIpc) is 3.00. The third-order valence-electron chi connectivity index (χ3n) is 4.74. The Morgan fingerprint density at radius 3 is 2.14 bits per heavy atom. The van der Waals surface area contributed by atoms with Crippen LogP contribution in [0.3, 0.4) is 0 Å². The van der Waals surface area contributed by atoms with Crippen LogP contribution in [0.15, 0.2) is 53.4 Å². The monoisotopic (exact) mass is 402 g/mol. The van der Waals surface area contributed by atoms with E-state index in [4.69, 9.17) is 4.74 Å². The molecule has 2 aromatic rings. The lowest BCUT2D eigenvalue weighted by Crippen LogP contribution is -2.31. The number of hydrogen-bond acceptors (Lipinski definition) is 4. The quantitative estimate of drug-likeness (QED) is 0.795. The predicted molar refractivity (Wildman–Crippen MR) is 109 cm³/mol.